The van der Waals surface area contributed by atoms with Gasteiger partial charge in [-0.15, -0.1) is 0 Å². The number of carbonyl (C=O) groups excluding carboxylic acids is 1. The van der Waals surface area contributed by atoms with Crippen LogP contribution in [0.1, 0.15) is 33.2 Å². The van der Waals surface area contributed by atoms with Crippen molar-refractivity contribution in [3.05, 3.63) is 69.9 Å². The Morgan fingerprint density at radius 3 is 2.62 bits per heavy atom. The Labute approximate surface area is 159 Å². The van der Waals surface area contributed by atoms with Gasteiger partial charge in [-0.3, -0.25) is 4.79 Å². The van der Waals surface area contributed by atoms with Crippen molar-refractivity contribution >= 4 is 28.4 Å². The van der Waals surface area contributed by atoms with E-state index in [0.717, 1.165) is 27.2 Å². The minimum Gasteiger partial charge on any atom is -0.358 e. The summed E-state index contributed by atoms with van der Waals surface area (Å²) in [6.07, 6.45) is 0. The van der Waals surface area contributed by atoms with Crippen molar-refractivity contribution in [2.24, 2.45) is 0 Å². The van der Waals surface area contributed by atoms with Gasteiger partial charge in [0.25, 0.3) is 5.91 Å². The minimum atomic E-state index is -0.0662. The highest BCUT2D eigenvalue weighted by atomic mass is 35.5. The average molecular weight is 371 g/mol. The van der Waals surface area contributed by atoms with Crippen LogP contribution in [0, 0.1) is 13.8 Å². The lowest BCUT2D eigenvalue weighted by Crippen LogP contribution is -3.07. The Balaban J connectivity index is 1.79. The summed E-state index contributed by atoms with van der Waals surface area (Å²) in [6.45, 7) is 4.63. The standard InChI is InChI=1S/C21H24ClN3O/c1-13-14(2)24-19-10-9-15(11-17(13)19)21(26)23-12-20(25(3)4)16-7-5-6-8-18(16)22/h5-11,20,24H,12H2,1-4H3,(H,23,26)/p+1/t20-/m0/s1. The van der Waals surface area contributed by atoms with E-state index in [0.29, 0.717) is 12.1 Å². The third-order valence-electron chi connectivity index (χ3n) is 5.01. The molecule has 5 heteroatoms. The Hall–Kier alpha value is -2.30. The lowest BCUT2D eigenvalue weighted by atomic mass is 10.1. The topological polar surface area (TPSA) is 49.3 Å². The number of benzene rings is 2. The zero-order chi connectivity index (χ0) is 18.8. The summed E-state index contributed by atoms with van der Waals surface area (Å²) in [7, 11) is 4.14. The quantitative estimate of drug-likeness (QED) is 0.635. The molecule has 4 nitrogen and oxygen atoms in total. The third kappa shape index (κ3) is 3.62. The van der Waals surface area contributed by atoms with Crippen molar-refractivity contribution < 1.29 is 9.69 Å². The maximum atomic E-state index is 12.7. The molecule has 1 atom stereocenters. The number of aromatic amines is 1. The zero-order valence-electron chi connectivity index (χ0n) is 15.6. The van der Waals surface area contributed by atoms with Crippen molar-refractivity contribution in [3.8, 4) is 0 Å². The summed E-state index contributed by atoms with van der Waals surface area (Å²) in [5, 5.41) is 4.89. The fraction of sp³-hybridized carbons (Fsp3) is 0.286. The molecule has 2 aromatic carbocycles. The van der Waals surface area contributed by atoms with Gasteiger partial charge in [-0.2, -0.15) is 0 Å². The monoisotopic (exact) mass is 370 g/mol. The SMILES string of the molecule is Cc1[nH]c2ccc(C(=O)NC[C@@H](c3ccccc3Cl)[NH+](C)C)cc2c1C. The molecule has 0 saturated heterocycles. The first-order chi connectivity index (χ1) is 12.4. The molecule has 0 aliphatic rings. The van der Waals surface area contributed by atoms with Gasteiger partial charge in [-0.05, 0) is 43.7 Å². The highest BCUT2D eigenvalue weighted by Crippen LogP contribution is 2.23. The van der Waals surface area contributed by atoms with E-state index >= 15 is 0 Å². The van der Waals surface area contributed by atoms with E-state index in [1.165, 1.54) is 10.5 Å². The van der Waals surface area contributed by atoms with E-state index in [2.05, 4.69) is 31.3 Å². The van der Waals surface area contributed by atoms with Crippen LogP contribution in [-0.4, -0.2) is 31.5 Å². The summed E-state index contributed by atoms with van der Waals surface area (Å²) < 4.78 is 0. The third-order valence-corrected chi connectivity index (χ3v) is 5.36. The smallest absolute Gasteiger partial charge is 0.251 e. The molecule has 0 spiro atoms. The highest BCUT2D eigenvalue weighted by molar-refractivity contribution is 6.31. The number of rotatable bonds is 5. The molecule has 3 aromatic rings. The molecule has 0 bridgehead atoms. The van der Waals surface area contributed by atoms with Gasteiger partial charge in [-0.25, -0.2) is 0 Å². The number of carbonyl (C=O) groups is 1. The van der Waals surface area contributed by atoms with Crippen LogP contribution in [0.25, 0.3) is 10.9 Å². The molecule has 0 aliphatic heterocycles. The van der Waals surface area contributed by atoms with Gasteiger partial charge < -0.3 is 15.2 Å². The number of aromatic nitrogens is 1. The molecule has 0 unspecified atom stereocenters. The highest BCUT2D eigenvalue weighted by Gasteiger charge is 2.21. The van der Waals surface area contributed by atoms with Crippen molar-refractivity contribution in [1.29, 1.82) is 0 Å². The Morgan fingerprint density at radius 1 is 1.19 bits per heavy atom. The van der Waals surface area contributed by atoms with E-state index in [-0.39, 0.29) is 11.9 Å². The molecule has 1 amide bonds. The number of halogens is 1. The number of likely N-dealkylation sites (N-methyl/N-ethyl adjacent to an activating group) is 1. The number of aryl methyl sites for hydroxylation is 2. The molecule has 3 rings (SSSR count). The first-order valence-electron chi connectivity index (χ1n) is 8.80. The summed E-state index contributed by atoms with van der Waals surface area (Å²) in [6, 6.07) is 13.7. The first kappa shape index (κ1) is 18.5. The fourth-order valence-electron chi connectivity index (χ4n) is 3.28. The van der Waals surface area contributed by atoms with E-state index in [9.17, 15) is 4.79 Å². The van der Waals surface area contributed by atoms with Crippen molar-refractivity contribution in [3.63, 3.8) is 0 Å². The molecule has 0 saturated carbocycles. The lowest BCUT2D eigenvalue weighted by molar-refractivity contribution is -0.890. The molecule has 1 aromatic heterocycles. The predicted octanol–water partition coefficient (Wildman–Crippen LogP) is 3.05. The van der Waals surface area contributed by atoms with Crippen LogP contribution in [0.3, 0.4) is 0 Å². The Morgan fingerprint density at radius 2 is 1.92 bits per heavy atom. The van der Waals surface area contributed by atoms with Crippen LogP contribution in [0.15, 0.2) is 42.5 Å². The molecule has 26 heavy (non-hydrogen) atoms. The van der Waals surface area contributed by atoms with Crippen LogP contribution in [0.4, 0.5) is 0 Å². The van der Waals surface area contributed by atoms with Gasteiger partial charge in [-0.1, -0.05) is 29.8 Å². The Kier molecular flexibility index (Phi) is 5.35. The van der Waals surface area contributed by atoms with Gasteiger partial charge in [0.1, 0.15) is 6.04 Å². The molecule has 0 fully saturated rings. The van der Waals surface area contributed by atoms with Crippen LogP contribution in [0.5, 0.6) is 0 Å². The number of quaternary nitrogens is 1. The van der Waals surface area contributed by atoms with E-state index < -0.39 is 0 Å². The van der Waals surface area contributed by atoms with Gasteiger partial charge in [0, 0.05) is 32.7 Å². The van der Waals surface area contributed by atoms with Crippen molar-refractivity contribution in [1.82, 2.24) is 10.3 Å². The van der Waals surface area contributed by atoms with Gasteiger partial charge >= 0.3 is 0 Å². The summed E-state index contributed by atoms with van der Waals surface area (Å²) in [4.78, 5) is 17.2. The van der Waals surface area contributed by atoms with E-state index in [1.54, 1.807) is 0 Å². The summed E-state index contributed by atoms with van der Waals surface area (Å²) in [5.41, 5.74) is 5.09. The van der Waals surface area contributed by atoms with Gasteiger partial charge in [0.05, 0.1) is 20.6 Å². The van der Waals surface area contributed by atoms with Gasteiger partial charge in [0.2, 0.25) is 0 Å². The summed E-state index contributed by atoms with van der Waals surface area (Å²) >= 11 is 6.35. The second-order valence-corrected chi connectivity index (χ2v) is 7.40. The van der Waals surface area contributed by atoms with Crippen molar-refractivity contribution in [2.45, 2.75) is 19.9 Å². The molecule has 3 N–H and O–H groups in total. The number of hydrogen-bond acceptors (Lipinski definition) is 1. The van der Waals surface area contributed by atoms with Crippen LogP contribution in [0.2, 0.25) is 5.02 Å². The number of fused-ring (bicyclic) bond motifs is 1. The number of H-pyrrole nitrogens is 1. The molecular formula is C21H25ClN3O+. The average Bonchev–Trinajstić information content (AvgIpc) is 2.90. The van der Waals surface area contributed by atoms with Crippen LogP contribution in [-0.2, 0) is 0 Å². The van der Waals surface area contributed by atoms with Crippen molar-refractivity contribution in [2.75, 3.05) is 20.6 Å². The molecular weight excluding hydrogens is 346 g/mol. The van der Waals surface area contributed by atoms with E-state index in [4.69, 9.17) is 11.6 Å². The predicted molar refractivity (Wildman–Crippen MR) is 107 cm³/mol. The normalized spacial score (nSPS) is 12.5. The summed E-state index contributed by atoms with van der Waals surface area (Å²) in [5.74, 6) is -0.0662. The maximum Gasteiger partial charge on any atom is 0.251 e. The van der Waals surface area contributed by atoms with Gasteiger partial charge in [0.15, 0.2) is 0 Å². The first-order valence-corrected chi connectivity index (χ1v) is 9.18. The van der Waals surface area contributed by atoms with E-state index in [1.807, 2.05) is 49.4 Å². The zero-order valence-corrected chi connectivity index (χ0v) is 16.4. The lowest BCUT2D eigenvalue weighted by Gasteiger charge is -2.23. The number of hydrogen-bond donors (Lipinski definition) is 3. The Bertz CT molecular complexity index is 946. The fourth-order valence-corrected chi connectivity index (χ4v) is 3.55. The molecule has 0 radical (unpaired) electrons. The van der Waals surface area contributed by atoms with Crippen LogP contribution >= 0.6 is 11.6 Å². The largest absolute Gasteiger partial charge is 0.358 e. The van der Waals surface area contributed by atoms with Crippen LogP contribution < -0.4 is 10.2 Å². The molecule has 1 heterocycles. The molecule has 0 aliphatic carbocycles. The second-order valence-electron chi connectivity index (χ2n) is 7.00. The molecule has 136 valence electrons. The maximum absolute atomic E-state index is 12.7. The minimum absolute atomic E-state index is 0.0662. The second kappa shape index (κ2) is 7.52. The number of amides is 1. The number of nitrogens with one attached hydrogen (secondary N) is 3.